The Morgan fingerprint density at radius 2 is 1.61 bits per heavy atom. The summed E-state index contributed by atoms with van der Waals surface area (Å²) < 4.78 is 10.6. The largest absolute Gasteiger partial charge is 0.497 e. The molecule has 1 aliphatic carbocycles. The molecule has 0 aromatic heterocycles. The molecule has 1 atom stereocenters. The maximum Gasteiger partial charge on any atom is 0.407 e. The van der Waals surface area contributed by atoms with Crippen LogP contribution in [0.5, 0.6) is 5.75 Å². The molecule has 3 aromatic rings. The van der Waals surface area contributed by atoms with Crippen LogP contribution in [0.1, 0.15) is 22.6 Å². The van der Waals surface area contributed by atoms with Crippen molar-refractivity contribution in [2.24, 2.45) is 0 Å². The molecule has 6 nitrogen and oxygen atoms in total. The molecule has 0 aliphatic heterocycles. The zero-order valence-electron chi connectivity index (χ0n) is 17.1. The number of ether oxygens (including phenoxy) is 2. The first-order valence-electron chi connectivity index (χ1n) is 10.0. The van der Waals surface area contributed by atoms with Crippen LogP contribution in [0.3, 0.4) is 0 Å². The third kappa shape index (κ3) is 4.38. The minimum atomic E-state index is -1.13. The second-order valence-electron chi connectivity index (χ2n) is 7.42. The summed E-state index contributed by atoms with van der Waals surface area (Å²) in [5.41, 5.74) is 5.21. The summed E-state index contributed by atoms with van der Waals surface area (Å²) in [6.45, 7) is 0.130. The fourth-order valence-electron chi connectivity index (χ4n) is 4.02. The normalized spacial score (nSPS) is 13.1. The van der Waals surface area contributed by atoms with Gasteiger partial charge < -0.3 is 19.9 Å². The van der Waals surface area contributed by atoms with E-state index in [0.717, 1.165) is 27.8 Å². The van der Waals surface area contributed by atoms with Crippen LogP contribution in [0.4, 0.5) is 4.79 Å². The predicted octanol–water partition coefficient (Wildman–Crippen LogP) is 4.23. The van der Waals surface area contributed by atoms with E-state index in [1.54, 1.807) is 31.4 Å². The van der Waals surface area contributed by atoms with Crippen molar-refractivity contribution in [3.63, 3.8) is 0 Å². The van der Waals surface area contributed by atoms with Gasteiger partial charge in [0.15, 0.2) is 0 Å². The number of carbonyl (C=O) groups is 2. The van der Waals surface area contributed by atoms with Gasteiger partial charge in [0.1, 0.15) is 18.4 Å². The first-order chi connectivity index (χ1) is 15.1. The average Bonchev–Trinajstić information content (AvgIpc) is 3.11. The lowest BCUT2D eigenvalue weighted by atomic mass is 9.98. The Morgan fingerprint density at radius 3 is 2.23 bits per heavy atom. The Balaban J connectivity index is 1.43. The van der Waals surface area contributed by atoms with Crippen LogP contribution in [0, 0.1) is 0 Å². The highest BCUT2D eigenvalue weighted by Gasteiger charge is 2.29. The lowest BCUT2D eigenvalue weighted by Crippen LogP contribution is -2.42. The maximum atomic E-state index is 12.4. The van der Waals surface area contributed by atoms with Gasteiger partial charge in [0.2, 0.25) is 0 Å². The van der Waals surface area contributed by atoms with Gasteiger partial charge in [0.05, 0.1) is 7.11 Å². The summed E-state index contributed by atoms with van der Waals surface area (Å²) >= 11 is 0. The number of amides is 1. The Kier molecular flexibility index (Phi) is 5.89. The fraction of sp³-hybridized carbons (Fsp3) is 0.200. The van der Waals surface area contributed by atoms with Crippen LogP contribution in [-0.4, -0.2) is 36.9 Å². The van der Waals surface area contributed by atoms with Crippen LogP contribution >= 0.6 is 0 Å². The summed E-state index contributed by atoms with van der Waals surface area (Å²) in [7, 11) is 1.54. The summed E-state index contributed by atoms with van der Waals surface area (Å²) in [5.74, 6) is -0.584. The molecular weight excluding hydrogens is 394 g/mol. The molecule has 0 spiro atoms. The average molecular weight is 417 g/mol. The van der Waals surface area contributed by atoms with Crippen LogP contribution in [0.15, 0.2) is 72.8 Å². The Hall–Kier alpha value is -3.80. The molecule has 2 N–H and O–H groups in total. The maximum absolute atomic E-state index is 12.4. The van der Waals surface area contributed by atoms with Crippen LogP contribution in [-0.2, 0) is 16.0 Å². The number of rotatable bonds is 7. The second kappa shape index (κ2) is 8.92. The molecule has 0 saturated heterocycles. The van der Waals surface area contributed by atoms with Crippen molar-refractivity contribution >= 4 is 12.1 Å². The molecule has 3 aromatic carbocycles. The lowest BCUT2D eigenvalue weighted by molar-refractivity contribution is -0.139. The topological polar surface area (TPSA) is 84.9 Å². The number of methoxy groups -OCH3 is 1. The molecule has 6 heteroatoms. The molecule has 0 bridgehead atoms. The highest BCUT2D eigenvalue weighted by molar-refractivity contribution is 5.81. The third-order valence-electron chi connectivity index (χ3n) is 5.51. The van der Waals surface area contributed by atoms with E-state index in [0.29, 0.717) is 5.75 Å². The van der Waals surface area contributed by atoms with E-state index in [-0.39, 0.29) is 18.9 Å². The quantitative estimate of drug-likeness (QED) is 0.601. The molecule has 31 heavy (non-hydrogen) atoms. The number of nitrogens with one attached hydrogen (secondary N) is 1. The van der Waals surface area contributed by atoms with Crippen molar-refractivity contribution in [3.8, 4) is 16.9 Å². The summed E-state index contributed by atoms with van der Waals surface area (Å²) in [6.07, 6.45) is -0.631. The number of hydrogen-bond acceptors (Lipinski definition) is 4. The van der Waals surface area contributed by atoms with Gasteiger partial charge in [-0.15, -0.1) is 0 Å². The summed E-state index contributed by atoms with van der Waals surface area (Å²) in [5, 5.41) is 12.0. The van der Waals surface area contributed by atoms with Crippen LogP contribution < -0.4 is 10.1 Å². The van der Waals surface area contributed by atoms with Gasteiger partial charge >= 0.3 is 12.1 Å². The molecule has 158 valence electrons. The Bertz CT molecular complexity index is 1060. The van der Waals surface area contributed by atoms with E-state index < -0.39 is 18.1 Å². The van der Waals surface area contributed by atoms with E-state index in [1.165, 1.54) is 0 Å². The van der Waals surface area contributed by atoms with Crippen molar-refractivity contribution in [2.75, 3.05) is 13.7 Å². The zero-order valence-corrected chi connectivity index (χ0v) is 17.1. The van der Waals surface area contributed by atoms with Gasteiger partial charge in [0, 0.05) is 12.3 Å². The van der Waals surface area contributed by atoms with E-state index in [4.69, 9.17) is 9.47 Å². The Morgan fingerprint density at radius 1 is 0.968 bits per heavy atom. The number of carbonyl (C=O) groups excluding carboxylic acids is 1. The highest BCUT2D eigenvalue weighted by atomic mass is 16.5. The van der Waals surface area contributed by atoms with Crippen molar-refractivity contribution < 1.29 is 24.2 Å². The molecule has 0 saturated carbocycles. The molecule has 0 heterocycles. The molecule has 1 aliphatic rings. The predicted molar refractivity (Wildman–Crippen MR) is 116 cm³/mol. The number of carboxylic acid groups (broad SMARTS) is 1. The van der Waals surface area contributed by atoms with Crippen LogP contribution in [0.25, 0.3) is 11.1 Å². The molecule has 0 radical (unpaired) electrons. The summed E-state index contributed by atoms with van der Waals surface area (Å²) in [6, 6.07) is 22.1. The standard InChI is InChI=1S/C25H23NO5/c1-30-17-8-6-7-16(13-17)14-23(24(27)28)26-25(29)31-15-22-20-11-4-2-9-18(20)19-10-3-5-12-21(19)22/h2-13,22-23H,14-15H2,1H3,(H,26,29)(H,27,28)/t23-/m1/s1. The smallest absolute Gasteiger partial charge is 0.407 e. The number of fused-ring (bicyclic) bond motifs is 3. The number of aliphatic carboxylic acids is 1. The second-order valence-corrected chi connectivity index (χ2v) is 7.42. The number of benzene rings is 3. The minimum absolute atomic E-state index is 0.0835. The van der Waals surface area contributed by atoms with E-state index in [2.05, 4.69) is 17.4 Å². The van der Waals surface area contributed by atoms with Crippen molar-refractivity contribution in [1.29, 1.82) is 0 Å². The number of alkyl carbamates (subject to hydrolysis) is 1. The van der Waals surface area contributed by atoms with Gasteiger partial charge in [-0.3, -0.25) is 0 Å². The minimum Gasteiger partial charge on any atom is -0.497 e. The first kappa shape index (κ1) is 20.5. The zero-order chi connectivity index (χ0) is 21.8. The van der Waals surface area contributed by atoms with Gasteiger partial charge in [-0.1, -0.05) is 60.7 Å². The molecular formula is C25H23NO5. The van der Waals surface area contributed by atoms with E-state index >= 15 is 0 Å². The van der Waals surface area contributed by atoms with Gasteiger partial charge in [-0.2, -0.15) is 0 Å². The van der Waals surface area contributed by atoms with E-state index in [9.17, 15) is 14.7 Å². The molecule has 4 rings (SSSR count). The van der Waals surface area contributed by atoms with Crippen molar-refractivity contribution in [2.45, 2.75) is 18.4 Å². The molecule has 0 unspecified atom stereocenters. The number of hydrogen-bond donors (Lipinski definition) is 2. The molecule has 0 fully saturated rings. The van der Waals surface area contributed by atoms with E-state index in [1.807, 2.05) is 36.4 Å². The highest BCUT2D eigenvalue weighted by Crippen LogP contribution is 2.44. The number of carboxylic acids is 1. The summed E-state index contributed by atoms with van der Waals surface area (Å²) in [4.78, 5) is 24.1. The van der Waals surface area contributed by atoms with Gasteiger partial charge in [-0.05, 0) is 39.9 Å². The first-order valence-corrected chi connectivity index (χ1v) is 10.0. The monoisotopic (exact) mass is 417 g/mol. The SMILES string of the molecule is COc1cccc(C[C@@H](NC(=O)OCC2c3ccccc3-c3ccccc32)C(=O)O)c1. The van der Waals surface area contributed by atoms with Crippen LogP contribution in [0.2, 0.25) is 0 Å². The Labute approximate surface area is 180 Å². The van der Waals surface area contributed by atoms with Crippen molar-refractivity contribution in [3.05, 3.63) is 89.5 Å². The molecule has 1 amide bonds. The van der Waals surface area contributed by atoms with Gasteiger partial charge in [-0.25, -0.2) is 9.59 Å². The van der Waals surface area contributed by atoms with Gasteiger partial charge in [0.25, 0.3) is 0 Å². The fourth-order valence-corrected chi connectivity index (χ4v) is 4.02. The van der Waals surface area contributed by atoms with Crippen molar-refractivity contribution in [1.82, 2.24) is 5.32 Å². The lowest BCUT2D eigenvalue weighted by Gasteiger charge is -2.17. The third-order valence-corrected chi connectivity index (χ3v) is 5.51.